The summed E-state index contributed by atoms with van der Waals surface area (Å²) in [5.41, 5.74) is 1.37. The van der Waals surface area contributed by atoms with Crippen molar-refractivity contribution in [3.8, 4) is 0 Å². The average molecular weight is 471 g/mol. The van der Waals surface area contributed by atoms with Gasteiger partial charge >= 0.3 is 5.97 Å². The molecule has 0 aromatic carbocycles. The number of nitrogens with zero attached hydrogens (tertiary/aromatic N) is 2. The minimum Gasteiger partial charge on any atom is -0.390 e. The van der Waals surface area contributed by atoms with Crippen molar-refractivity contribution in [1.29, 1.82) is 0 Å². The molecule has 3 saturated carbocycles. The van der Waals surface area contributed by atoms with Crippen LogP contribution in [-0.2, 0) is 24.1 Å². The van der Waals surface area contributed by atoms with Gasteiger partial charge in [-0.3, -0.25) is 9.59 Å². The number of imide groups is 1. The number of amides is 2. The van der Waals surface area contributed by atoms with Crippen LogP contribution in [0.3, 0.4) is 0 Å². The zero-order chi connectivity index (χ0) is 24.3. The van der Waals surface area contributed by atoms with Crippen molar-refractivity contribution in [2.75, 3.05) is 6.61 Å². The lowest BCUT2D eigenvalue weighted by atomic mass is 9.47. The van der Waals surface area contributed by atoms with E-state index in [0.717, 1.165) is 38.5 Å². The van der Waals surface area contributed by atoms with Crippen molar-refractivity contribution in [3.63, 3.8) is 0 Å². The van der Waals surface area contributed by atoms with Gasteiger partial charge in [0.25, 0.3) is 11.8 Å². The summed E-state index contributed by atoms with van der Waals surface area (Å²) < 4.78 is 0. The lowest BCUT2D eigenvalue weighted by Gasteiger charge is -2.58. The minimum atomic E-state index is -0.844. The highest BCUT2D eigenvalue weighted by molar-refractivity contribution is 6.05. The summed E-state index contributed by atoms with van der Waals surface area (Å²) in [5, 5.41) is 15.7. The normalized spacial score (nSPS) is 42.2. The van der Waals surface area contributed by atoms with Crippen LogP contribution < -0.4 is 0 Å². The first-order chi connectivity index (χ1) is 16.0. The zero-order valence-electron chi connectivity index (χ0n) is 20.2. The number of hydrogen-bond donors (Lipinski definition) is 1. The standard InChI is InChI=1S/C26H34N2O6/c1-24-11-8-17(27-33-15-23(31)34-28-21(29)6-7-22(28)30)14-16(24)4-5-18-19(24)9-12-25(2)20(18)10-13-26(25,3)32/h8,11,14,18-20,32H,4-7,9-10,12-13,15H2,1-3H3/b27-17+/t18-,19-,20-,24+,25+,26+/m1/s1. The maximum atomic E-state index is 11.9. The van der Waals surface area contributed by atoms with Gasteiger partial charge in [0, 0.05) is 18.3 Å². The van der Waals surface area contributed by atoms with E-state index in [1.807, 2.05) is 13.0 Å². The van der Waals surface area contributed by atoms with Gasteiger partial charge in [0.15, 0.2) is 0 Å². The molecule has 4 fully saturated rings. The Morgan fingerprint density at radius 2 is 1.79 bits per heavy atom. The largest absolute Gasteiger partial charge is 0.390 e. The number of allylic oxidation sites excluding steroid dienone is 4. The number of rotatable bonds is 4. The molecule has 5 aliphatic rings. The van der Waals surface area contributed by atoms with Crippen molar-refractivity contribution in [2.24, 2.45) is 33.7 Å². The highest BCUT2D eigenvalue weighted by Gasteiger charge is 2.62. The van der Waals surface area contributed by atoms with Crippen LogP contribution in [0, 0.1) is 28.6 Å². The van der Waals surface area contributed by atoms with Crippen molar-refractivity contribution in [1.82, 2.24) is 5.06 Å². The SMILES string of the molecule is C[C@]12C=C/C(=N\OCC(=O)ON3C(=O)CCC3=O)C=C1CC[C@@H]1[C@H]2CC[C@@]2(C)[C@@H]1CC[C@]2(C)O. The van der Waals surface area contributed by atoms with Gasteiger partial charge in [-0.25, -0.2) is 4.79 Å². The quantitative estimate of drug-likeness (QED) is 0.498. The van der Waals surface area contributed by atoms with Gasteiger partial charge < -0.3 is 14.8 Å². The molecule has 184 valence electrons. The molecule has 0 unspecified atom stereocenters. The third-order valence-electron chi connectivity index (χ3n) is 9.68. The van der Waals surface area contributed by atoms with Crippen LogP contribution in [0.4, 0.5) is 0 Å². The van der Waals surface area contributed by atoms with Gasteiger partial charge in [-0.1, -0.05) is 30.7 Å². The fourth-order valence-electron chi connectivity index (χ4n) is 7.45. The Bertz CT molecular complexity index is 997. The Morgan fingerprint density at radius 1 is 1.09 bits per heavy atom. The molecular weight excluding hydrogens is 436 g/mol. The topological polar surface area (TPSA) is 106 Å². The third kappa shape index (κ3) is 3.53. The number of hydroxylamine groups is 2. The van der Waals surface area contributed by atoms with Gasteiger partial charge in [0.1, 0.15) is 5.71 Å². The minimum absolute atomic E-state index is 0.00346. The molecule has 5 rings (SSSR count). The maximum absolute atomic E-state index is 11.9. The first kappa shape index (κ1) is 23.3. The summed E-state index contributed by atoms with van der Waals surface area (Å²) in [4.78, 5) is 45.0. The van der Waals surface area contributed by atoms with E-state index in [0.29, 0.717) is 28.5 Å². The third-order valence-corrected chi connectivity index (χ3v) is 9.68. The van der Waals surface area contributed by atoms with Crippen molar-refractivity contribution < 1.29 is 29.2 Å². The van der Waals surface area contributed by atoms with E-state index in [-0.39, 0.29) is 23.7 Å². The second kappa shape index (κ2) is 8.04. The van der Waals surface area contributed by atoms with E-state index in [4.69, 9.17) is 9.68 Å². The Kier molecular flexibility index (Phi) is 5.50. The predicted molar refractivity (Wildman–Crippen MR) is 123 cm³/mol. The fraction of sp³-hybridized carbons (Fsp3) is 0.692. The van der Waals surface area contributed by atoms with Gasteiger partial charge in [-0.2, -0.15) is 0 Å². The molecule has 1 N–H and O–H groups in total. The number of hydrogen-bond acceptors (Lipinski definition) is 7. The van der Waals surface area contributed by atoms with Crippen LogP contribution >= 0.6 is 0 Å². The molecule has 6 atom stereocenters. The Morgan fingerprint density at radius 3 is 2.53 bits per heavy atom. The Labute approximate surface area is 200 Å². The summed E-state index contributed by atoms with van der Waals surface area (Å²) in [6.45, 7) is 6.16. The molecule has 8 nitrogen and oxygen atoms in total. The van der Waals surface area contributed by atoms with Crippen LogP contribution in [0.5, 0.6) is 0 Å². The summed E-state index contributed by atoms with van der Waals surface area (Å²) in [7, 11) is 0. The van der Waals surface area contributed by atoms with Gasteiger partial charge in [-0.15, -0.1) is 5.06 Å². The van der Waals surface area contributed by atoms with E-state index < -0.39 is 30.0 Å². The molecule has 1 heterocycles. The Balaban J connectivity index is 1.23. The highest BCUT2D eigenvalue weighted by atomic mass is 16.7. The molecule has 34 heavy (non-hydrogen) atoms. The number of carbonyl (C=O) groups is 3. The zero-order valence-corrected chi connectivity index (χ0v) is 20.2. The van der Waals surface area contributed by atoms with Gasteiger partial charge in [-0.05, 0) is 80.8 Å². The van der Waals surface area contributed by atoms with E-state index in [1.165, 1.54) is 5.57 Å². The highest BCUT2D eigenvalue weighted by Crippen LogP contribution is 2.66. The predicted octanol–water partition coefficient (Wildman–Crippen LogP) is 3.46. The lowest BCUT2D eigenvalue weighted by molar-refractivity contribution is -0.200. The first-order valence-electron chi connectivity index (χ1n) is 12.4. The number of aliphatic hydroxyl groups is 1. The fourth-order valence-corrected chi connectivity index (χ4v) is 7.45. The molecule has 4 aliphatic carbocycles. The number of carbonyl (C=O) groups excluding carboxylic acids is 3. The summed E-state index contributed by atoms with van der Waals surface area (Å²) in [5.74, 6) is -0.175. The molecule has 1 saturated heterocycles. The second-order valence-corrected chi connectivity index (χ2v) is 11.3. The van der Waals surface area contributed by atoms with Crippen molar-refractivity contribution in [2.45, 2.75) is 77.7 Å². The van der Waals surface area contributed by atoms with Crippen molar-refractivity contribution in [3.05, 3.63) is 23.8 Å². The summed E-state index contributed by atoms with van der Waals surface area (Å²) in [6.07, 6.45) is 12.6. The van der Waals surface area contributed by atoms with Crippen LogP contribution in [-0.4, -0.2) is 45.9 Å². The molecule has 0 aromatic rings. The first-order valence-corrected chi connectivity index (χ1v) is 12.4. The summed E-state index contributed by atoms with van der Waals surface area (Å²) >= 11 is 0. The van der Waals surface area contributed by atoms with Crippen molar-refractivity contribution >= 4 is 23.5 Å². The monoisotopic (exact) mass is 470 g/mol. The van der Waals surface area contributed by atoms with Gasteiger partial charge in [0.2, 0.25) is 6.61 Å². The van der Waals surface area contributed by atoms with Crippen LogP contribution in [0.15, 0.2) is 29.0 Å². The van der Waals surface area contributed by atoms with Crippen LogP contribution in [0.1, 0.15) is 72.1 Å². The molecule has 8 heteroatoms. The molecular formula is C26H34N2O6. The molecule has 0 aromatic heterocycles. The van der Waals surface area contributed by atoms with E-state index in [9.17, 15) is 19.5 Å². The smallest absolute Gasteiger partial charge is 0.373 e. The van der Waals surface area contributed by atoms with E-state index >= 15 is 0 Å². The second-order valence-electron chi connectivity index (χ2n) is 11.3. The van der Waals surface area contributed by atoms with Crippen LogP contribution in [0.25, 0.3) is 0 Å². The molecule has 0 bridgehead atoms. The molecule has 1 aliphatic heterocycles. The molecule has 0 radical (unpaired) electrons. The maximum Gasteiger partial charge on any atom is 0.373 e. The van der Waals surface area contributed by atoms with E-state index in [2.05, 4.69) is 31.2 Å². The lowest BCUT2D eigenvalue weighted by Crippen LogP contribution is -2.53. The van der Waals surface area contributed by atoms with E-state index in [1.54, 1.807) is 0 Å². The van der Waals surface area contributed by atoms with Gasteiger partial charge in [0.05, 0.1) is 5.60 Å². The summed E-state index contributed by atoms with van der Waals surface area (Å²) in [6, 6.07) is 0. The molecule has 0 spiro atoms. The average Bonchev–Trinajstić information content (AvgIpc) is 3.23. The number of fused-ring (bicyclic) bond motifs is 5. The van der Waals surface area contributed by atoms with Crippen LogP contribution in [0.2, 0.25) is 0 Å². The Hall–Kier alpha value is -2.48. The number of oxime groups is 1. The molecule has 2 amide bonds.